The summed E-state index contributed by atoms with van der Waals surface area (Å²) in [4.78, 5) is 16.9. The van der Waals surface area contributed by atoms with Crippen molar-refractivity contribution in [3.8, 4) is 5.75 Å². The molecular formula is C22H34N2O3. The van der Waals surface area contributed by atoms with Crippen LogP contribution in [0.1, 0.15) is 44.6 Å². The lowest BCUT2D eigenvalue weighted by Crippen LogP contribution is -2.51. The molecule has 150 valence electrons. The van der Waals surface area contributed by atoms with Crippen LogP contribution in [0.3, 0.4) is 0 Å². The molecule has 1 aromatic carbocycles. The number of methoxy groups -OCH3 is 1. The second-order valence-electron chi connectivity index (χ2n) is 8.01. The molecule has 1 aromatic rings. The lowest BCUT2D eigenvalue weighted by Gasteiger charge is -2.47. The molecule has 1 amide bonds. The first kappa shape index (κ1) is 20.2. The second-order valence-corrected chi connectivity index (χ2v) is 8.01. The van der Waals surface area contributed by atoms with Crippen molar-refractivity contribution in [2.24, 2.45) is 5.41 Å². The van der Waals surface area contributed by atoms with Gasteiger partial charge in [-0.15, -0.1) is 0 Å². The lowest BCUT2D eigenvalue weighted by molar-refractivity contribution is -0.139. The lowest BCUT2D eigenvalue weighted by atomic mass is 9.72. The summed E-state index contributed by atoms with van der Waals surface area (Å²) in [5, 5.41) is 0. The second kappa shape index (κ2) is 9.56. The van der Waals surface area contributed by atoms with Gasteiger partial charge in [-0.3, -0.25) is 9.69 Å². The third kappa shape index (κ3) is 5.45. The molecule has 0 N–H and O–H groups in total. The Morgan fingerprint density at radius 3 is 2.52 bits per heavy atom. The van der Waals surface area contributed by atoms with Gasteiger partial charge in [0.25, 0.3) is 0 Å². The van der Waals surface area contributed by atoms with E-state index in [1.807, 2.05) is 6.92 Å². The monoisotopic (exact) mass is 374 g/mol. The quantitative estimate of drug-likeness (QED) is 0.655. The van der Waals surface area contributed by atoms with Crippen LogP contribution in [0.2, 0.25) is 0 Å². The zero-order chi connectivity index (χ0) is 19.1. The summed E-state index contributed by atoms with van der Waals surface area (Å²) < 4.78 is 10.7. The van der Waals surface area contributed by atoms with Gasteiger partial charge in [-0.05, 0) is 68.8 Å². The molecule has 1 spiro atoms. The molecule has 0 unspecified atom stereocenters. The summed E-state index contributed by atoms with van der Waals surface area (Å²) in [5.74, 6) is 1.27. The number of carbonyl (C=O) groups excluding carboxylic acids is 1. The van der Waals surface area contributed by atoms with Gasteiger partial charge < -0.3 is 14.4 Å². The van der Waals surface area contributed by atoms with Crippen molar-refractivity contribution in [2.45, 2.75) is 45.6 Å². The molecule has 0 radical (unpaired) electrons. The summed E-state index contributed by atoms with van der Waals surface area (Å²) in [7, 11) is 1.72. The fourth-order valence-electron chi connectivity index (χ4n) is 4.42. The van der Waals surface area contributed by atoms with E-state index in [2.05, 4.69) is 34.1 Å². The number of likely N-dealkylation sites (tertiary alicyclic amines) is 2. The van der Waals surface area contributed by atoms with E-state index in [4.69, 9.17) is 9.47 Å². The van der Waals surface area contributed by atoms with Crippen LogP contribution in [0.5, 0.6) is 5.75 Å². The highest BCUT2D eigenvalue weighted by molar-refractivity contribution is 5.77. The van der Waals surface area contributed by atoms with Crippen molar-refractivity contribution in [1.82, 2.24) is 9.80 Å². The average molecular weight is 375 g/mol. The summed E-state index contributed by atoms with van der Waals surface area (Å²) in [6.07, 6.45) is 5.09. The smallest absolute Gasteiger partial charge is 0.222 e. The van der Waals surface area contributed by atoms with E-state index in [1.165, 1.54) is 18.4 Å². The van der Waals surface area contributed by atoms with E-state index in [0.717, 1.165) is 57.9 Å². The molecule has 0 aromatic heterocycles. The minimum absolute atomic E-state index is 0.327. The maximum atomic E-state index is 12.3. The van der Waals surface area contributed by atoms with Crippen molar-refractivity contribution in [3.05, 3.63) is 29.8 Å². The molecule has 5 heteroatoms. The first-order valence-electron chi connectivity index (χ1n) is 10.3. The van der Waals surface area contributed by atoms with Crippen LogP contribution in [-0.2, 0) is 16.1 Å². The van der Waals surface area contributed by atoms with Gasteiger partial charge in [0.15, 0.2) is 0 Å². The molecule has 2 fully saturated rings. The number of benzene rings is 1. The van der Waals surface area contributed by atoms with Crippen LogP contribution >= 0.6 is 0 Å². The maximum absolute atomic E-state index is 12.3. The van der Waals surface area contributed by atoms with Crippen LogP contribution in [0.15, 0.2) is 24.3 Å². The van der Waals surface area contributed by atoms with Crippen LogP contribution in [0, 0.1) is 5.41 Å². The topological polar surface area (TPSA) is 42.0 Å². The standard InChI is InChI=1S/C22H34N2O3/c1-3-27-20-7-5-19(6-8-20)17-23-14-11-22(12-15-23)10-9-21(25)24(18-22)13-4-16-26-2/h5-8H,3-4,9-18H2,1-2H3. The molecule has 27 heavy (non-hydrogen) atoms. The Kier molecular flexibility index (Phi) is 7.13. The summed E-state index contributed by atoms with van der Waals surface area (Å²) >= 11 is 0. The van der Waals surface area contributed by atoms with Crippen molar-refractivity contribution in [3.63, 3.8) is 0 Å². The zero-order valence-corrected chi connectivity index (χ0v) is 16.9. The highest BCUT2D eigenvalue weighted by atomic mass is 16.5. The first-order chi connectivity index (χ1) is 13.1. The minimum atomic E-state index is 0.327. The van der Waals surface area contributed by atoms with Gasteiger partial charge in [0.2, 0.25) is 5.91 Å². The third-order valence-corrected chi connectivity index (χ3v) is 6.08. The summed E-state index contributed by atoms with van der Waals surface area (Å²) in [6.45, 7) is 8.45. The van der Waals surface area contributed by atoms with Crippen molar-refractivity contribution >= 4 is 5.91 Å². The Hall–Kier alpha value is -1.59. The number of hydrogen-bond acceptors (Lipinski definition) is 4. The number of hydrogen-bond donors (Lipinski definition) is 0. The Morgan fingerprint density at radius 2 is 1.85 bits per heavy atom. The zero-order valence-electron chi connectivity index (χ0n) is 16.9. The fourth-order valence-corrected chi connectivity index (χ4v) is 4.42. The van der Waals surface area contributed by atoms with Crippen LogP contribution < -0.4 is 4.74 Å². The molecule has 2 saturated heterocycles. The maximum Gasteiger partial charge on any atom is 0.222 e. The molecule has 2 aliphatic heterocycles. The van der Waals surface area contributed by atoms with Crippen LogP contribution in [0.25, 0.3) is 0 Å². The number of carbonyl (C=O) groups is 1. The van der Waals surface area contributed by atoms with Gasteiger partial charge in [-0.2, -0.15) is 0 Å². The molecule has 2 aliphatic rings. The predicted octanol–water partition coefficient (Wildman–Crippen LogP) is 3.33. The first-order valence-corrected chi connectivity index (χ1v) is 10.3. The van der Waals surface area contributed by atoms with Gasteiger partial charge in [0, 0.05) is 39.8 Å². The molecule has 0 saturated carbocycles. The molecule has 0 aliphatic carbocycles. The highest BCUT2D eigenvalue weighted by Gasteiger charge is 2.40. The van der Waals surface area contributed by atoms with E-state index in [9.17, 15) is 4.79 Å². The highest BCUT2D eigenvalue weighted by Crippen LogP contribution is 2.40. The van der Waals surface area contributed by atoms with Crippen LogP contribution in [0.4, 0.5) is 0 Å². The summed E-state index contributed by atoms with van der Waals surface area (Å²) in [5.41, 5.74) is 1.67. The molecule has 2 heterocycles. The van der Waals surface area contributed by atoms with Crippen LogP contribution in [-0.4, -0.2) is 62.2 Å². The summed E-state index contributed by atoms with van der Waals surface area (Å²) in [6, 6.07) is 8.47. The number of ether oxygens (including phenoxy) is 2. The largest absolute Gasteiger partial charge is 0.494 e. The van der Waals surface area contributed by atoms with E-state index < -0.39 is 0 Å². The SMILES string of the molecule is CCOc1ccc(CN2CCC3(CCC(=O)N(CCCOC)C3)CC2)cc1. The average Bonchev–Trinajstić information content (AvgIpc) is 2.69. The fraction of sp³-hybridized carbons (Fsp3) is 0.682. The molecule has 3 rings (SSSR count). The van der Waals surface area contributed by atoms with Gasteiger partial charge in [0.1, 0.15) is 5.75 Å². The van der Waals surface area contributed by atoms with Gasteiger partial charge in [-0.1, -0.05) is 12.1 Å². The Labute approximate surface area is 163 Å². The Balaban J connectivity index is 1.49. The van der Waals surface area contributed by atoms with E-state index >= 15 is 0 Å². The van der Waals surface area contributed by atoms with Gasteiger partial charge >= 0.3 is 0 Å². The number of piperidine rings is 2. The number of nitrogens with zero attached hydrogens (tertiary/aromatic N) is 2. The van der Waals surface area contributed by atoms with Crippen molar-refractivity contribution in [1.29, 1.82) is 0 Å². The van der Waals surface area contributed by atoms with E-state index in [0.29, 0.717) is 24.3 Å². The minimum Gasteiger partial charge on any atom is -0.494 e. The number of amides is 1. The van der Waals surface area contributed by atoms with Gasteiger partial charge in [-0.25, -0.2) is 0 Å². The molecular weight excluding hydrogens is 340 g/mol. The van der Waals surface area contributed by atoms with Crippen molar-refractivity contribution < 1.29 is 14.3 Å². The Bertz CT molecular complexity index is 594. The number of rotatable bonds is 8. The molecule has 0 bridgehead atoms. The Morgan fingerprint density at radius 1 is 1.11 bits per heavy atom. The molecule has 0 atom stereocenters. The molecule has 5 nitrogen and oxygen atoms in total. The van der Waals surface area contributed by atoms with E-state index in [1.54, 1.807) is 7.11 Å². The normalized spacial score (nSPS) is 20.2. The predicted molar refractivity (Wildman–Crippen MR) is 107 cm³/mol. The van der Waals surface area contributed by atoms with E-state index in [-0.39, 0.29) is 0 Å². The van der Waals surface area contributed by atoms with Gasteiger partial charge in [0.05, 0.1) is 6.61 Å². The van der Waals surface area contributed by atoms with Crippen molar-refractivity contribution in [2.75, 3.05) is 46.5 Å². The third-order valence-electron chi connectivity index (χ3n) is 6.08.